The van der Waals surface area contributed by atoms with Crippen molar-refractivity contribution in [3.8, 4) is 0 Å². The molecule has 1 unspecified atom stereocenters. The minimum atomic E-state index is -1.19. The lowest BCUT2D eigenvalue weighted by molar-refractivity contribution is 0.481. The Hall–Kier alpha value is -0.370. The molecule has 20 heavy (non-hydrogen) atoms. The van der Waals surface area contributed by atoms with Gasteiger partial charge in [0.05, 0.1) is 13.6 Å². The van der Waals surface area contributed by atoms with Gasteiger partial charge in [0, 0.05) is 11.6 Å². The molecular formula is C13H10Br2F3NS. The minimum Gasteiger partial charge on any atom is -0.306 e. The van der Waals surface area contributed by atoms with Crippen LogP contribution in [0.15, 0.2) is 25.8 Å². The molecule has 108 valence electrons. The Morgan fingerprint density at radius 3 is 2.25 bits per heavy atom. The van der Waals surface area contributed by atoms with Crippen molar-refractivity contribution < 1.29 is 13.2 Å². The highest BCUT2D eigenvalue weighted by molar-refractivity contribution is 9.12. The fourth-order valence-corrected chi connectivity index (χ4v) is 4.80. The number of thiophene rings is 1. The number of benzene rings is 1. The van der Waals surface area contributed by atoms with Gasteiger partial charge < -0.3 is 5.32 Å². The van der Waals surface area contributed by atoms with Gasteiger partial charge >= 0.3 is 0 Å². The van der Waals surface area contributed by atoms with Gasteiger partial charge in [-0.25, -0.2) is 13.2 Å². The molecule has 2 rings (SSSR count). The molecule has 0 spiro atoms. The molecule has 1 heterocycles. The summed E-state index contributed by atoms with van der Waals surface area (Å²) in [6.45, 7) is 2.42. The minimum absolute atomic E-state index is 0.0803. The first-order valence-corrected chi connectivity index (χ1v) is 8.16. The van der Waals surface area contributed by atoms with Crippen LogP contribution in [0, 0.1) is 17.5 Å². The molecule has 0 saturated carbocycles. The summed E-state index contributed by atoms with van der Waals surface area (Å²) in [5, 5.41) is 3.08. The topological polar surface area (TPSA) is 12.0 Å². The maximum atomic E-state index is 14.0. The zero-order valence-corrected chi connectivity index (χ0v) is 14.3. The van der Waals surface area contributed by atoms with E-state index in [0.29, 0.717) is 12.6 Å². The molecule has 0 aliphatic carbocycles. The molecule has 0 bridgehead atoms. The van der Waals surface area contributed by atoms with Gasteiger partial charge in [0.25, 0.3) is 0 Å². The van der Waals surface area contributed by atoms with E-state index in [4.69, 9.17) is 0 Å². The smallest absolute Gasteiger partial charge is 0.161 e. The molecule has 1 aromatic heterocycles. The molecule has 0 aliphatic heterocycles. The van der Waals surface area contributed by atoms with E-state index in [1.54, 1.807) is 0 Å². The van der Waals surface area contributed by atoms with Gasteiger partial charge in [-0.1, -0.05) is 6.92 Å². The SMILES string of the molecule is CCNC(c1cc(F)c(F)cc1F)c1cc(Br)sc1Br. The zero-order chi connectivity index (χ0) is 14.9. The van der Waals surface area contributed by atoms with Crippen LogP contribution in [0.5, 0.6) is 0 Å². The molecule has 0 aliphatic rings. The van der Waals surface area contributed by atoms with E-state index in [1.165, 1.54) is 11.3 Å². The predicted molar refractivity (Wildman–Crippen MR) is 81.6 cm³/mol. The summed E-state index contributed by atoms with van der Waals surface area (Å²) in [6, 6.07) is 2.75. The Balaban J connectivity index is 2.54. The van der Waals surface area contributed by atoms with Gasteiger partial charge in [0.2, 0.25) is 0 Å². The maximum Gasteiger partial charge on any atom is 0.161 e. The first-order chi connectivity index (χ1) is 9.43. The van der Waals surface area contributed by atoms with E-state index < -0.39 is 23.5 Å². The van der Waals surface area contributed by atoms with Crippen molar-refractivity contribution in [2.24, 2.45) is 0 Å². The average Bonchev–Trinajstić information content (AvgIpc) is 2.70. The van der Waals surface area contributed by atoms with Gasteiger partial charge in [-0.05, 0) is 56.1 Å². The van der Waals surface area contributed by atoms with Crippen LogP contribution in [0.4, 0.5) is 13.2 Å². The summed E-state index contributed by atoms with van der Waals surface area (Å²) in [5.74, 6) is -3.02. The monoisotopic (exact) mass is 427 g/mol. The highest BCUT2D eigenvalue weighted by Crippen LogP contribution is 2.38. The Kier molecular flexibility index (Phi) is 5.28. The first-order valence-electron chi connectivity index (χ1n) is 5.76. The van der Waals surface area contributed by atoms with Crippen molar-refractivity contribution in [3.05, 3.63) is 54.4 Å². The van der Waals surface area contributed by atoms with Gasteiger partial charge in [-0.3, -0.25) is 0 Å². The lowest BCUT2D eigenvalue weighted by Gasteiger charge is -2.19. The van der Waals surface area contributed by atoms with E-state index in [9.17, 15) is 13.2 Å². The summed E-state index contributed by atoms with van der Waals surface area (Å²) < 4.78 is 42.1. The molecule has 0 saturated heterocycles. The van der Waals surface area contributed by atoms with Crippen LogP contribution >= 0.6 is 43.2 Å². The van der Waals surface area contributed by atoms with E-state index >= 15 is 0 Å². The number of rotatable bonds is 4. The third kappa shape index (κ3) is 3.27. The van der Waals surface area contributed by atoms with Crippen molar-refractivity contribution >= 4 is 43.2 Å². The van der Waals surface area contributed by atoms with Crippen molar-refractivity contribution in [1.29, 1.82) is 0 Å². The molecule has 1 N–H and O–H groups in total. The lowest BCUT2D eigenvalue weighted by Crippen LogP contribution is -2.23. The summed E-state index contributed by atoms with van der Waals surface area (Å²) >= 11 is 8.19. The van der Waals surface area contributed by atoms with Crippen molar-refractivity contribution in [2.45, 2.75) is 13.0 Å². The standard InChI is InChI=1S/C13H10Br2F3NS/c1-2-19-12(7-4-11(14)20-13(7)15)6-3-9(17)10(18)5-8(6)16/h3-5,12,19H,2H2,1H3. The summed E-state index contributed by atoms with van der Waals surface area (Å²) in [5.41, 5.74) is 0.852. The normalized spacial score (nSPS) is 12.7. The average molecular weight is 429 g/mol. The van der Waals surface area contributed by atoms with Gasteiger partial charge in [-0.2, -0.15) is 0 Å². The van der Waals surface area contributed by atoms with Crippen molar-refractivity contribution in [1.82, 2.24) is 5.32 Å². The van der Waals surface area contributed by atoms with E-state index in [1.807, 2.05) is 13.0 Å². The third-order valence-corrected chi connectivity index (χ3v) is 5.14. The number of nitrogens with one attached hydrogen (secondary N) is 1. The van der Waals surface area contributed by atoms with Gasteiger partial charge in [-0.15, -0.1) is 11.3 Å². The fourth-order valence-electron chi connectivity index (χ4n) is 1.90. The molecule has 7 heteroatoms. The highest BCUT2D eigenvalue weighted by atomic mass is 79.9. The molecule has 1 aromatic carbocycles. The lowest BCUT2D eigenvalue weighted by atomic mass is 10.0. The Bertz CT molecular complexity index is 630. The largest absolute Gasteiger partial charge is 0.306 e. The molecule has 2 aromatic rings. The van der Waals surface area contributed by atoms with Crippen molar-refractivity contribution in [3.63, 3.8) is 0 Å². The van der Waals surface area contributed by atoms with Crippen molar-refractivity contribution in [2.75, 3.05) is 6.54 Å². The molecule has 1 nitrogen and oxygen atoms in total. The van der Waals surface area contributed by atoms with Crippen LogP contribution in [0.25, 0.3) is 0 Å². The Morgan fingerprint density at radius 2 is 1.70 bits per heavy atom. The van der Waals surface area contributed by atoms with Gasteiger partial charge in [0.1, 0.15) is 5.82 Å². The molecule has 0 amide bonds. The summed E-state index contributed by atoms with van der Waals surface area (Å²) in [7, 11) is 0. The molecular weight excluding hydrogens is 419 g/mol. The Morgan fingerprint density at radius 1 is 1.05 bits per heavy atom. The summed E-state index contributed by atoms with van der Waals surface area (Å²) in [4.78, 5) is 0. The van der Waals surface area contributed by atoms with Crippen LogP contribution in [0.1, 0.15) is 24.1 Å². The van der Waals surface area contributed by atoms with Crippen LogP contribution in [-0.4, -0.2) is 6.54 Å². The van der Waals surface area contributed by atoms with E-state index in [0.717, 1.165) is 19.2 Å². The predicted octanol–water partition coefficient (Wildman–Crippen LogP) is 5.39. The van der Waals surface area contributed by atoms with Crippen LogP contribution in [0.3, 0.4) is 0 Å². The highest BCUT2D eigenvalue weighted by Gasteiger charge is 2.23. The van der Waals surface area contributed by atoms with Crippen LogP contribution in [0.2, 0.25) is 0 Å². The Labute approximate surface area is 135 Å². The van der Waals surface area contributed by atoms with Crippen LogP contribution in [-0.2, 0) is 0 Å². The van der Waals surface area contributed by atoms with E-state index in [2.05, 4.69) is 37.2 Å². The second kappa shape index (κ2) is 6.60. The second-order valence-corrected chi connectivity index (χ2v) is 7.81. The molecule has 0 fully saturated rings. The molecule has 0 radical (unpaired) electrons. The van der Waals surface area contributed by atoms with Crippen LogP contribution < -0.4 is 5.32 Å². The number of halogens is 5. The second-order valence-electron chi connectivity index (χ2n) is 4.06. The molecule has 1 atom stereocenters. The number of hydrogen-bond acceptors (Lipinski definition) is 2. The zero-order valence-electron chi connectivity index (χ0n) is 10.3. The number of hydrogen-bond donors (Lipinski definition) is 1. The third-order valence-electron chi connectivity index (χ3n) is 2.75. The van der Waals surface area contributed by atoms with E-state index in [-0.39, 0.29) is 5.56 Å². The summed E-state index contributed by atoms with van der Waals surface area (Å²) in [6.07, 6.45) is 0. The maximum absolute atomic E-state index is 14.0. The first kappa shape index (κ1) is 16.0. The quantitative estimate of drug-likeness (QED) is 0.643. The fraction of sp³-hybridized carbons (Fsp3) is 0.231. The van der Waals surface area contributed by atoms with Gasteiger partial charge in [0.15, 0.2) is 11.6 Å².